The molecule has 0 heterocycles. The summed E-state index contributed by atoms with van der Waals surface area (Å²) in [4.78, 5) is -0.223. The third-order valence-corrected chi connectivity index (χ3v) is 4.20. The van der Waals surface area contributed by atoms with E-state index < -0.39 is 10.1 Å². The van der Waals surface area contributed by atoms with Gasteiger partial charge in [0, 0.05) is 5.69 Å². The lowest BCUT2D eigenvalue weighted by atomic mass is 10.2. The summed E-state index contributed by atoms with van der Waals surface area (Å²) in [6.07, 6.45) is 0. The van der Waals surface area contributed by atoms with Crippen LogP contribution in [0.1, 0.15) is 0 Å². The van der Waals surface area contributed by atoms with Crippen molar-refractivity contribution in [1.82, 2.24) is 0 Å². The summed E-state index contributed by atoms with van der Waals surface area (Å²) >= 11 is 0. The summed E-state index contributed by atoms with van der Waals surface area (Å²) in [6, 6.07) is 22.7. The number of anilines is 2. The van der Waals surface area contributed by atoms with Crippen molar-refractivity contribution in [3.63, 3.8) is 0 Å². The molecule has 7 heteroatoms. The molecule has 0 aromatic heterocycles. The number of para-hydroxylation sites is 2. The fourth-order valence-corrected chi connectivity index (χ4v) is 2.68. The van der Waals surface area contributed by atoms with Crippen LogP contribution in [0.15, 0.2) is 94.0 Å². The Kier molecular flexibility index (Phi) is 4.87. The third-order valence-electron chi connectivity index (χ3n) is 3.35. The molecule has 0 bridgehead atoms. The van der Waals surface area contributed by atoms with Gasteiger partial charge in [-0.15, -0.1) is 5.11 Å². The van der Waals surface area contributed by atoms with Crippen LogP contribution < -0.4 is 5.32 Å². The molecule has 3 aromatic rings. The molecule has 0 aliphatic carbocycles. The van der Waals surface area contributed by atoms with Gasteiger partial charge in [-0.25, -0.2) is 0 Å². The van der Waals surface area contributed by atoms with E-state index in [-0.39, 0.29) is 4.90 Å². The number of hydrogen-bond donors (Lipinski definition) is 2. The predicted molar refractivity (Wildman–Crippen MR) is 96.6 cm³/mol. The minimum absolute atomic E-state index is 0.223. The zero-order valence-electron chi connectivity index (χ0n) is 13.1. The normalized spacial score (nSPS) is 11.6. The molecule has 0 amide bonds. The lowest BCUT2D eigenvalue weighted by Crippen LogP contribution is -1.96. The number of rotatable bonds is 5. The van der Waals surface area contributed by atoms with Crippen LogP contribution in [-0.4, -0.2) is 13.0 Å². The number of benzene rings is 3. The van der Waals surface area contributed by atoms with Gasteiger partial charge in [-0.1, -0.05) is 36.4 Å². The van der Waals surface area contributed by atoms with Crippen molar-refractivity contribution in [3.8, 4) is 0 Å². The summed E-state index contributed by atoms with van der Waals surface area (Å²) < 4.78 is 31.5. The Hall–Kier alpha value is -3.03. The molecule has 0 spiro atoms. The molecule has 0 aliphatic rings. The maximum Gasteiger partial charge on any atom is 0.294 e. The summed E-state index contributed by atoms with van der Waals surface area (Å²) in [5, 5.41) is 11.5. The molecule has 0 radical (unpaired) electrons. The molecule has 25 heavy (non-hydrogen) atoms. The molecule has 3 aromatic carbocycles. The van der Waals surface area contributed by atoms with Crippen molar-refractivity contribution in [1.29, 1.82) is 0 Å². The lowest BCUT2D eigenvalue weighted by Gasteiger charge is -2.08. The maximum absolute atomic E-state index is 11.2. The van der Waals surface area contributed by atoms with Crippen LogP contribution in [0.3, 0.4) is 0 Å². The van der Waals surface area contributed by atoms with Crippen LogP contribution in [0.25, 0.3) is 0 Å². The first-order chi connectivity index (χ1) is 12.0. The topological polar surface area (TPSA) is 91.1 Å². The fourth-order valence-electron chi connectivity index (χ4n) is 2.16. The second-order valence-electron chi connectivity index (χ2n) is 5.18. The van der Waals surface area contributed by atoms with Crippen molar-refractivity contribution in [2.75, 3.05) is 5.32 Å². The van der Waals surface area contributed by atoms with E-state index in [4.69, 9.17) is 4.55 Å². The summed E-state index contributed by atoms with van der Waals surface area (Å²) in [7, 11) is -4.27. The molecule has 3 rings (SSSR count). The molecule has 0 saturated carbocycles. The van der Waals surface area contributed by atoms with E-state index >= 15 is 0 Å². The zero-order chi connectivity index (χ0) is 17.7. The Morgan fingerprint density at radius 3 is 2.28 bits per heavy atom. The molecule has 0 unspecified atom stereocenters. The van der Waals surface area contributed by atoms with Gasteiger partial charge < -0.3 is 5.32 Å². The first kappa shape index (κ1) is 16.8. The van der Waals surface area contributed by atoms with Crippen LogP contribution in [-0.2, 0) is 10.1 Å². The molecular weight excluding hydrogens is 338 g/mol. The standard InChI is InChI=1S/C18H15N3O3S/c22-25(23,24)16-10-6-9-15(13-16)20-21-18-12-5-4-11-17(18)19-14-7-2-1-3-8-14/h1-13,19H,(H,22,23,24). The second-order valence-corrected chi connectivity index (χ2v) is 6.60. The molecule has 126 valence electrons. The van der Waals surface area contributed by atoms with E-state index in [0.29, 0.717) is 11.4 Å². The van der Waals surface area contributed by atoms with E-state index in [9.17, 15) is 8.42 Å². The van der Waals surface area contributed by atoms with E-state index in [1.807, 2.05) is 48.5 Å². The molecule has 0 fully saturated rings. The van der Waals surface area contributed by atoms with Gasteiger partial charge in [0.1, 0.15) is 5.69 Å². The number of nitrogens with zero attached hydrogens (tertiary/aromatic N) is 2. The highest BCUT2D eigenvalue weighted by Crippen LogP contribution is 2.29. The highest BCUT2D eigenvalue weighted by molar-refractivity contribution is 7.85. The smallest absolute Gasteiger partial charge is 0.294 e. The lowest BCUT2D eigenvalue weighted by molar-refractivity contribution is 0.483. The Bertz CT molecular complexity index is 1000. The van der Waals surface area contributed by atoms with Gasteiger partial charge in [-0.3, -0.25) is 4.55 Å². The fraction of sp³-hybridized carbons (Fsp3) is 0. The van der Waals surface area contributed by atoms with Gasteiger partial charge in [0.15, 0.2) is 0 Å². The molecule has 6 nitrogen and oxygen atoms in total. The minimum atomic E-state index is -4.27. The van der Waals surface area contributed by atoms with E-state index in [2.05, 4.69) is 15.5 Å². The van der Waals surface area contributed by atoms with Crippen LogP contribution >= 0.6 is 0 Å². The Morgan fingerprint density at radius 1 is 0.800 bits per heavy atom. The first-order valence-corrected chi connectivity index (χ1v) is 8.87. The van der Waals surface area contributed by atoms with Crippen LogP contribution in [0.4, 0.5) is 22.7 Å². The number of hydrogen-bond acceptors (Lipinski definition) is 5. The summed E-state index contributed by atoms with van der Waals surface area (Å²) in [6.45, 7) is 0. The van der Waals surface area contributed by atoms with Gasteiger partial charge in [0.2, 0.25) is 0 Å². The SMILES string of the molecule is O=S(=O)(O)c1cccc(N=Nc2ccccc2Nc2ccccc2)c1. The number of azo groups is 1. The molecule has 0 aliphatic heterocycles. The molecule has 2 N–H and O–H groups in total. The highest BCUT2D eigenvalue weighted by atomic mass is 32.2. The quantitative estimate of drug-likeness (QED) is 0.493. The van der Waals surface area contributed by atoms with E-state index in [1.54, 1.807) is 12.1 Å². The van der Waals surface area contributed by atoms with Gasteiger partial charge in [-0.05, 0) is 42.5 Å². The van der Waals surface area contributed by atoms with Crippen molar-refractivity contribution >= 4 is 32.9 Å². The van der Waals surface area contributed by atoms with Crippen molar-refractivity contribution in [2.24, 2.45) is 10.2 Å². The van der Waals surface area contributed by atoms with Crippen LogP contribution in [0.2, 0.25) is 0 Å². The van der Waals surface area contributed by atoms with Gasteiger partial charge in [0.25, 0.3) is 10.1 Å². The monoisotopic (exact) mass is 353 g/mol. The van der Waals surface area contributed by atoms with E-state index in [1.165, 1.54) is 18.2 Å². The van der Waals surface area contributed by atoms with Crippen LogP contribution in [0.5, 0.6) is 0 Å². The van der Waals surface area contributed by atoms with Gasteiger partial charge in [-0.2, -0.15) is 13.5 Å². The summed E-state index contributed by atoms with van der Waals surface area (Å²) in [5.74, 6) is 0. The zero-order valence-corrected chi connectivity index (χ0v) is 13.9. The predicted octanol–water partition coefficient (Wildman–Crippen LogP) is 5.09. The maximum atomic E-state index is 11.2. The Labute approximate surface area is 145 Å². The second kappa shape index (κ2) is 7.25. The summed E-state index contributed by atoms with van der Waals surface area (Å²) in [5.41, 5.74) is 2.61. The molecular formula is C18H15N3O3S. The van der Waals surface area contributed by atoms with E-state index in [0.717, 1.165) is 11.4 Å². The third kappa shape index (κ3) is 4.50. The van der Waals surface area contributed by atoms with Gasteiger partial charge in [0.05, 0.1) is 16.3 Å². The van der Waals surface area contributed by atoms with Crippen LogP contribution in [0, 0.1) is 0 Å². The first-order valence-electron chi connectivity index (χ1n) is 7.43. The van der Waals surface area contributed by atoms with Crippen molar-refractivity contribution in [3.05, 3.63) is 78.9 Å². The highest BCUT2D eigenvalue weighted by Gasteiger charge is 2.09. The average molecular weight is 353 g/mol. The largest absolute Gasteiger partial charge is 0.354 e. The molecule has 0 saturated heterocycles. The van der Waals surface area contributed by atoms with Crippen molar-refractivity contribution < 1.29 is 13.0 Å². The van der Waals surface area contributed by atoms with Crippen molar-refractivity contribution in [2.45, 2.75) is 4.90 Å². The Balaban J connectivity index is 1.87. The molecule has 0 atom stereocenters. The Morgan fingerprint density at radius 2 is 1.52 bits per heavy atom. The minimum Gasteiger partial charge on any atom is -0.354 e. The average Bonchev–Trinajstić information content (AvgIpc) is 2.61. The number of nitrogens with one attached hydrogen (secondary N) is 1. The van der Waals surface area contributed by atoms with Gasteiger partial charge >= 0.3 is 0 Å².